The molecule has 0 atom stereocenters. The van der Waals surface area contributed by atoms with E-state index in [1.807, 2.05) is 52.7 Å². The zero-order chi connectivity index (χ0) is 17.8. The molecule has 0 aliphatic carbocycles. The van der Waals surface area contributed by atoms with Crippen molar-refractivity contribution in [1.29, 1.82) is 0 Å². The largest absolute Gasteiger partial charge is 0.454 e. The Morgan fingerprint density at radius 2 is 2.19 bits per heavy atom. The number of aromatic nitrogens is 2. The van der Waals surface area contributed by atoms with Crippen LogP contribution in [0, 0.1) is 0 Å². The number of carbonyl (C=O) groups is 1. The summed E-state index contributed by atoms with van der Waals surface area (Å²) < 4.78 is 12.4. The van der Waals surface area contributed by atoms with Crippen LogP contribution in [0.5, 0.6) is 11.5 Å². The molecule has 1 amide bonds. The highest BCUT2D eigenvalue weighted by Crippen LogP contribution is 2.32. The molecular formula is C19H17N3O3S. The summed E-state index contributed by atoms with van der Waals surface area (Å²) >= 11 is 1.66. The van der Waals surface area contributed by atoms with Crippen molar-refractivity contribution in [2.24, 2.45) is 0 Å². The van der Waals surface area contributed by atoms with Crippen molar-refractivity contribution in [1.82, 2.24) is 15.1 Å². The lowest BCUT2D eigenvalue weighted by Gasteiger charge is -2.03. The maximum absolute atomic E-state index is 12.0. The Morgan fingerprint density at radius 3 is 3.08 bits per heavy atom. The lowest BCUT2D eigenvalue weighted by atomic mass is 10.2. The normalized spacial score (nSPS) is 12.6. The van der Waals surface area contributed by atoms with E-state index in [2.05, 4.69) is 10.4 Å². The summed E-state index contributed by atoms with van der Waals surface area (Å²) in [6.45, 7) is 1.37. The van der Waals surface area contributed by atoms with Gasteiger partial charge in [0.2, 0.25) is 12.7 Å². The van der Waals surface area contributed by atoms with Crippen LogP contribution in [-0.4, -0.2) is 29.0 Å². The van der Waals surface area contributed by atoms with E-state index < -0.39 is 0 Å². The number of hydrogen-bond donors (Lipinski definition) is 1. The molecule has 3 aromatic rings. The summed E-state index contributed by atoms with van der Waals surface area (Å²) in [4.78, 5) is 13.1. The van der Waals surface area contributed by atoms with Crippen molar-refractivity contribution in [3.63, 3.8) is 0 Å². The van der Waals surface area contributed by atoms with Gasteiger partial charge in [-0.3, -0.25) is 9.48 Å². The van der Waals surface area contributed by atoms with Gasteiger partial charge < -0.3 is 14.8 Å². The zero-order valence-corrected chi connectivity index (χ0v) is 14.7. The first-order valence-electron chi connectivity index (χ1n) is 8.21. The Hall–Kier alpha value is -3.06. The number of rotatable bonds is 6. The highest BCUT2D eigenvalue weighted by molar-refractivity contribution is 7.13. The van der Waals surface area contributed by atoms with E-state index in [1.54, 1.807) is 17.4 Å². The van der Waals surface area contributed by atoms with Crippen LogP contribution in [0.25, 0.3) is 16.6 Å². The second-order valence-corrected chi connectivity index (χ2v) is 6.63. The first-order valence-corrected chi connectivity index (χ1v) is 9.09. The van der Waals surface area contributed by atoms with Crippen LogP contribution in [0.4, 0.5) is 0 Å². The molecule has 6 nitrogen and oxygen atoms in total. The summed E-state index contributed by atoms with van der Waals surface area (Å²) in [6, 6.07) is 11.6. The minimum atomic E-state index is -0.145. The molecule has 0 bridgehead atoms. The van der Waals surface area contributed by atoms with Crippen LogP contribution in [-0.2, 0) is 11.3 Å². The van der Waals surface area contributed by atoms with Crippen LogP contribution >= 0.6 is 11.3 Å². The fraction of sp³-hybridized carbons (Fsp3) is 0.158. The third-order valence-corrected chi connectivity index (χ3v) is 4.77. The monoisotopic (exact) mass is 367 g/mol. The van der Waals surface area contributed by atoms with E-state index in [0.717, 1.165) is 21.9 Å². The number of nitrogens with zero attached hydrogens (tertiary/aromatic N) is 2. The minimum absolute atomic E-state index is 0.145. The molecule has 132 valence electrons. The number of benzene rings is 1. The molecule has 1 aliphatic heterocycles. The Kier molecular flexibility index (Phi) is 4.70. The van der Waals surface area contributed by atoms with Crippen LogP contribution in [0.1, 0.15) is 5.56 Å². The van der Waals surface area contributed by atoms with E-state index in [0.29, 0.717) is 18.8 Å². The maximum Gasteiger partial charge on any atom is 0.244 e. The van der Waals surface area contributed by atoms with Gasteiger partial charge in [-0.05, 0) is 41.3 Å². The van der Waals surface area contributed by atoms with Gasteiger partial charge >= 0.3 is 0 Å². The number of nitrogens with one attached hydrogen (secondary N) is 1. The molecule has 0 saturated carbocycles. The van der Waals surface area contributed by atoms with E-state index in [4.69, 9.17) is 9.47 Å². The van der Waals surface area contributed by atoms with Gasteiger partial charge in [0.1, 0.15) is 5.69 Å². The summed E-state index contributed by atoms with van der Waals surface area (Å²) in [5.41, 5.74) is 1.84. The van der Waals surface area contributed by atoms with Crippen molar-refractivity contribution in [2.75, 3.05) is 13.3 Å². The molecular weight excluding hydrogens is 350 g/mol. The molecule has 3 heterocycles. The average Bonchev–Trinajstić information content (AvgIpc) is 3.39. The summed E-state index contributed by atoms with van der Waals surface area (Å²) in [7, 11) is 0. The van der Waals surface area contributed by atoms with Crippen molar-refractivity contribution in [3.8, 4) is 22.1 Å². The third-order valence-electron chi connectivity index (χ3n) is 3.88. The highest BCUT2D eigenvalue weighted by Gasteiger charge is 2.12. The number of amides is 1. The van der Waals surface area contributed by atoms with Gasteiger partial charge in [0.05, 0.1) is 11.4 Å². The van der Waals surface area contributed by atoms with Crippen LogP contribution < -0.4 is 14.8 Å². The number of fused-ring (bicyclic) bond motifs is 1. The molecule has 0 radical (unpaired) electrons. The fourth-order valence-corrected chi connectivity index (χ4v) is 3.27. The lowest BCUT2D eigenvalue weighted by molar-refractivity contribution is -0.116. The molecule has 7 heteroatoms. The summed E-state index contributed by atoms with van der Waals surface area (Å²) in [5, 5.41) is 9.40. The molecule has 0 unspecified atom stereocenters. The molecule has 0 spiro atoms. The quantitative estimate of drug-likeness (QED) is 0.680. The number of ether oxygens (including phenoxy) is 2. The lowest BCUT2D eigenvalue weighted by Crippen LogP contribution is -2.25. The van der Waals surface area contributed by atoms with E-state index >= 15 is 0 Å². The van der Waals surface area contributed by atoms with Crippen molar-refractivity contribution in [3.05, 3.63) is 59.6 Å². The van der Waals surface area contributed by atoms with Gasteiger partial charge in [-0.1, -0.05) is 12.1 Å². The predicted octanol–water partition coefficient (Wildman–Crippen LogP) is 3.17. The number of thiophene rings is 1. The van der Waals surface area contributed by atoms with Gasteiger partial charge in [-0.15, -0.1) is 11.3 Å². The van der Waals surface area contributed by atoms with Gasteiger partial charge in [-0.25, -0.2) is 0 Å². The first-order chi connectivity index (χ1) is 12.8. The van der Waals surface area contributed by atoms with E-state index in [1.165, 1.54) is 6.08 Å². The average molecular weight is 367 g/mol. The topological polar surface area (TPSA) is 65.4 Å². The molecule has 2 aromatic heterocycles. The van der Waals surface area contributed by atoms with Gasteiger partial charge in [0, 0.05) is 18.8 Å². The second-order valence-electron chi connectivity index (χ2n) is 5.68. The van der Waals surface area contributed by atoms with Crippen LogP contribution in [0.15, 0.2) is 54.1 Å². The summed E-state index contributed by atoms with van der Waals surface area (Å²) in [5.74, 6) is 1.29. The van der Waals surface area contributed by atoms with E-state index in [9.17, 15) is 4.79 Å². The highest BCUT2D eigenvalue weighted by atomic mass is 32.1. The third kappa shape index (κ3) is 3.78. The van der Waals surface area contributed by atoms with Gasteiger partial charge in [0.15, 0.2) is 11.5 Å². The molecule has 1 aliphatic rings. The van der Waals surface area contributed by atoms with Crippen molar-refractivity contribution in [2.45, 2.75) is 6.54 Å². The van der Waals surface area contributed by atoms with Gasteiger partial charge in [0.25, 0.3) is 0 Å². The number of carbonyl (C=O) groups excluding carboxylic acids is 1. The Bertz CT molecular complexity index is 931. The molecule has 1 N–H and O–H groups in total. The predicted molar refractivity (Wildman–Crippen MR) is 100 cm³/mol. The first kappa shape index (κ1) is 16.4. The molecule has 1 aromatic carbocycles. The SMILES string of the molecule is O=C(/C=C/c1ccc2c(c1)OCO2)NCCn1ccc(-c2cccs2)n1. The second kappa shape index (κ2) is 7.45. The van der Waals surface area contributed by atoms with Crippen molar-refractivity contribution >= 4 is 23.3 Å². The summed E-state index contributed by atoms with van der Waals surface area (Å²) in [6.07, 6.45) is 5.18. The standard InChI is InChI=1S/C19H17N3O3S/c23-19(6-4-14-3-5-16-17(12-14)25-13-24-16)20-8-10-22-9-7-15(21-22)18-2-1-11-26-18/h1-7,9,11-12H,8,10,13H2,(H,20,23)/b6-4+. The molecule has 0 fully saturated rings. The van der Waals surface area contributed by atoms with Gasteiger partial charge in [-0.2, -0.15) is 5.10 Å². The smallest absolute Gasteiger partial charge is 0.244 e. The Balaban J connectivity index is 1.26. The molecule has 26 heavy (non-hydrogen) atoms. The fourth-order valence-electron chi connectivity index (χ4n) is 2.58. The minimum Gasteiger partial charge on any atom is -0.454 e. The Morgan fingerprint density at radius 1 is 1.27 bits per heavy atom. The Labute approximate surface area is 154 Å². The zero-order valence-electron chi connectivity index (χ0n) is 13.9. The van der Waals surface area contributed by atoms with Crippen LogP contribution in [0.2, 0.25) is 0 Å². The molecule has 4 rings (SSSR count). The number of hydrogen-bond acceptors (Lipinski definition) is 5. The van der Waals surface area contributed by atoms with E-state index in [-0.39, 0.29) is 12.7 Å². The van der Waals surface area contributed by atoms with Crippen LogP contribution in [0.3, 0.4) is 0 Å². The van der Waals surface area contributed by atoms with Crippen molar-refractivity contribution < 1.29 is 14.3 Å². The molecule has 0 saturated heterocycles. The maximum atomic E-state index is 12.0.